The summed E-state index contributed by atoms with van der Waals surface area (Å²) >= 11 is 0. The smallest absolute Gasteiger partial charge is 0.380 e. The fourth-order valence-corrected chi connectivity index (χ4v) is 6.33. The van der Waals surface area contributed by atoms with Crippen molar-refractivity contribution in [3.05, 3.63) is 77.3 Å². The van der Waals surface area contributed by atoms with Gasteiger partial charge in [0.25, 0.3) is 0 Å². The lowest BCUT2D eigenvalue weighted by atomic mass is 9.72. The van der Waals surface area contributed by atoms with Gasteiger partial charge in [0, 0.05) is 51.3 Å². The van der Waals surface area contributed by atoms with Gasteiger partial charge in [-0.15, -0.1) is 10.2 Å². The first-order valence-electron chi connectivity index (χ1n) is 13.9. The van der Waals surface area contributed by atoms with Gasteiger partial charge >= 0.3 is 6.18 Å². The number of aliphatic hydroxyl groups excluding tert-OH is 1. The predicted octanol–water partition coefficient (Wildman–Crippen LogP) is 4.48. The molecular formula is C29H35F3N6O2. The number of halogens is 3. The van der Waals surface area contributed by atoms with E-state index in [0.717, 1.165) is 50.0 Å². The Kier molecular flexibility index (Phi) is 7.22. The Bertz CT molecular complexity index is 1330. The second-order valence-electron chi connectivity index (χ2n) is 11.2. The number of rotatable bonds is 7. The maximum absolute atomic E-state index is 14.3. The Hall–Kier alpha value is -3.15. The third-order valence-corrected chi connectivity index (χ3v) is 8.63. The van der Waals surface area contributed by atoms with Crippen molar-refractivity contribution in [1.29, 1.82) is 0 Å². The SMILES string of the molecule is CO[C@H]1CCCN(CC2=CN3C(=CN(c4cccc([C@H](c5nncn5C)C5CCC5)c4)C3O)C(C(F)(F)F)=C2)C1. The van der Waals surface area contributed by atoms with Crippen molar-refractivity contribution in [2.75, 3.05) is 31.6 Å². The number of nitrogens with zero attached hydrogens (tertiary/aromatic N) is 6. The molecule has 3 atom stereocenters. The molecule has 214 valence electrons. The zero-order valence-corrected chi connectivity index (χ0v) is 22.8. The summed E-state index contributed by atoms with van der Waals surface area (Å²) in [5.74, 6) is 1.31. The fraction of sp³-hybridized carbons (Fsp3) is 0.517. The highest BCUT2D eigenvalue weighted by atomic mass is 19.4. The van der Waals surface area contributed by atoms with E-state index in [4.69, 9.17) is 4.74 Å². The van der Waals surface area contributed by atoms with Crippen molar-refractivity contribution in [3.8, 4) is 0 Å². The third-order valence-electron chi connectivity index (χ3n) is 8.63. The van der Waals surface area contributed by atoms with E-state index in [1.807, 2.05) is 35.9 Å². The summed E-state index contributed by atoms with van der Waals surface area (Å²) in [5.41, 5.74) is 1.31. The zero-order valence-electron chi connectivity index (χ0n) is 22.8. The van der Waals surface area contributed by atoms with Gasteiger partial charge in [-0.2, -0.15) is 13.2 Å². The Morgan fingerprint density at radius 2 is 1.95 bits per heavy atom. The average molecular weight is 557 g/mol. The number of aromatic nitrogens is 3. The van der Waals surface area contributed by atoms with Crippen LogP contribution in [0.3, 0.4) is 0 Å². The summed E-state index contributed by atoms with van der Waals surface area (Å²) in [7, 11) is 3.59. The first kappa shape index (κ1) is 27.0. The number of aryl methyl sites for hydroxylation is 1. The van der Waals surface area contributed by atoms with E-state index >= 15 is 0 Å². The van der Waals surface area contributed by atoms with Crippen LogP contribution in [0.1, 0.15) is 49.4 Å². The lowest BCUT2D eigenvalue weighted by Gasteiger charge is -2.35. The van der Waals surface area contributed by atoms with Gasteiger partial charge in [-0.1, -0.05) is 18.6 Å². The van der Waals surface area contributed by atoms with Crippen molar-refractivity contribution in [3.63, 3.8) is 0 Å². The highest BCUT2D eigenvalue weighted by Crippen LogP contribution is 2.45. The van der Waals surface area contributed by atoms with E-state index in [0.29, 0.717) is 30.3 Å². The van der Waals surface area contributed by atoms with Crippen molar-refractivity contribution in [2.24, 2.45) is 13.0 Å². The summed E-state index contributed by atoms with van der Waals surface area (Å²) < 4.78 is 50.3. The van der Waals surface area contributed by atoms with Gasteiger partial charge < -0.3 is 24.2 Å². The molecule has 6 rings (SSSR count). The third kappa shape index (κ3) is 5.06. The second kappa shape index (κ2) is 10.7. The summed E-state index contributed by atoms with van der Waals surface area (Å²) in [5, 5.41) is 19.8. The van der Waals surface area contributed by atoms with Gasteiger partial charge in [0.05, 0.1) is 17.4 Å². The molecule has 1 aromatic heterocycles. The molecule has 1 aromatic carbocycles. The number of aliphatic hydroxyl groups is 1. The summed E-state index contributed by atoms with van der Waals surface area (Å²) in [6.45, 7) is 1.82. The molecule has 0 bridgehead atoms. The van der Waals surface area contributed by atoms with Crippen molar-refractivity contribution >= 4 is 5.69 Å². The van der Waals surface area contributed by atoms with E-state index in [-0.39, 0.29) is 17.7 Å². The van der Waals surface area contributed by atoms with Crippen molar-refractivity contribution in [1.82, 2.24) is 24.6 Å². The summed E-state index contributed by atoms with van der Waals surface area (Å²) in [6.07, 6.45) is 5.34. The lowest BCUT2D eigenvalue weighted by Crippen LogP contribution is -2.42. The molecule has 1 saturated heterocycles. The van der Waals surface area contributed by atoms with E-state index < -0.39 is 18.1 Å². The largest absolute Gasteiger partial charge is 0.418 e. The molecule has 40 heavy (non-hydrogen) atoms. The van der Waals surface area contributed by atoms with E-state index in [9.17, 15) is 18.3 Å². The van der Waals surface area contributed by atoms with Gasteiger partial charge in [0.1, 0.15) is 12.2 Å². The van der Waals surface area contributed by atoms with Crippen LogP contribution in [-0.4, -0.2) is 75.0 Å². The van der Waals surface area contributed by atoms with Crippen molar-refractivity contribution < 1.29 is 23.0 Å². The molecule has 4 heterocycles. The van der Waals surface area contributed by atoms with E-state index in [1.54, 1.807) is 19.6 Å². The van der Waals surface area contributed by atoms with Crippen LogP contribution in [0, 0.1) is 5.92 Å². The number of hydrogen-bond donors (Lipinski definition) is 1. The molecular weight excluding hydrogens is 521 g/mol. The number of anilines is 1. The molecule has 0 spiro atoms. The van der Waals surface area contributed by atoms with Crippen LogP contribution in [0.4, 0.5) is 18.9 Å². The first-order valence-corrected chi connectivity index (χ1v) is 13.9. The number of likely N-dealkylation sites (tertiary alicyclic amines) is 1. The molecule has 3 aliphatic heterocycles. The first-order chi connectivity index (χ1) is 19.2. The van der Waals surface area contributed by atoms with Gasteiger partial charge in [0.15, 0.2) is 0 Å². The molecule has 1 unspecified atom stereocenters. The molecule has 1 N–H and O–H groups in total. The number of allylic oxidation sites excluding steroid dienone is 1. The van der Waals surface area contributed by atoms with Crippen LogP contribution >= 0.6 is 0 Å². The Morgan fingerprint density at radius 3 is 2.62 bits per heavy atom. The lowest BCUT2D eigenvalue weighted by molar-refractivity contribution is -0.0924. The number of hydrogen-bond acceptors (Lipinski definition) is 7. The molecule has 1 aliphatic carbocycles. The number of piperidine rings is 1. The van der Waals surface area contributed by atoms with Crippen molar-refractivity contribution in [2.45, 2.75) is 56.7 Å². The van der Waals surface area contributed by atoms with Crippen LogP contribution in [0.5, 0.6) is 0 Å². The van der Waals surface area contributed by atoms with Crippen LogP contribution in [0.25, 0.3) is 0 Å². The monoisotopic (exact) mass is 556 g/mol. The maximum Gasteiger partial charge on any atom is 0.418 e. The van der Waals surface area contributed by atoms with Crippen LogP contribution in [-0.2, 0) is 11.8 Å². The number of benzene rings is 1. The highest BCUT2D eigenvalue weighted by molar-refractivity contribution is 5.59. The quantitative estimate of drug-likeness (QED) is 0.539. The topological polar surface area (TPSA) is 69.9 Å². The Labute approximate surface area is 232 Å². The molecule has 0 amide bonds. The number of alkyl halides is 3. The molecule has 1 saturated carbocycles. The molecule has 2 aromatic rings. The standard InChI is InChI=1S/C29H35F3N6O2/c1-35-18-33-34-27(35)26(20-6-3-7-20)21-8-4-9-22(13-21)37-17-25-24(29(30,31)32)12-19(15-38(25)28(37)39)14-36-11-5-10-23(16-36)40-2/h4,8-9,12-13,15,17-18,20,23,26,28,39H,3,5-7,10-11,14,16H2,1-2H3/t23-,26+,28?/m0/s1. The Morgan fingerprint density at radius 1 is 1.12 bits per heavy atom. The average Bonchev–Trinajstić information content (AvgIpc) is 3.48. The van der Waals surface area contributed by atoms with E-state index in [2.05, 4.69) is 15.1 Å². The Balaban J connectivity index is 1.30. The minimum absolute atomic E-state index is 0.0220. The van der Waals surface area contributed by atoms with Crippen LogP contribution in [0.2, 0.25) is 0 Å². The molecule has 11 heteroatoms. The summed E-state index contributed by atoms with van der Waals surface area (Å²) in [4.78, 5) is 4.95. The second-order valence-corrected chi connectivity index (χ2v) is 11.2. The van der Waals surface area contributed by atoms with E-state index in [1.165, 1.54) is 22.1 Å². The minimum Gasteiger partial charge on any atom is -0.380 e. The molecule has 2 fully saturated rings. The fourth-order valence-electron chi connectivity index (χ4n) is 6.33. The number of methoxy groups -OCH3 is 1. The normalized spacial score (nSPS) is 24.8. The van der Waals surface area contributed by atoms with Crippen LogP contribution < -0.4 is 4.90 Å². The number of fused-ring (bicyclic) bond motifs is 1. The molecule has 8 nitrogen and oxygen atoms in total. The highest BCUT2D eigenvalue weighted by Gasteiger charge is 2.45. The van der Waals surface area contributed by atoms with Gasteiger partial charge in [-0.3, -0.25) is 4.90 Å². The zero-order chi connectivity index (χ0) is 28.0. The van der Waals surface area contributed by atoms with Crippen LogP contribution in [0.15, 0.2) is 65.9 Å². The number of ether oxygens (including phenoxy) is 1. The van der Waals surface area contributed by atoms with Gasteiger partial charge in [0.2, 0.25) is 6.35 Å². The van der Waals surface area contributed by atoms with Gasteiger partial charge in [-0.25, -0.2) is 0 Å². The van der Waals surface area contributed by atoms with Gasteiger partial charge in [-0.05, 0) is 67.5 Å². The minimum atomic E-state index is -4.57. The molecule has 0 radical (unpaired) electrons. The summed E-state index contributed by atoms with van der Waals surface area (Å²) in [6, 6.07) is 7.68. The maximum atomic E-state index is 14.3. The predicted molar refractivity (Wildman–Crippen MR) is 144 cm³/mol. The molecule has 4 aliphatic rings.